The highest BCUT2D eigenvalue weighted by Crippen LogP contribution is 2.25. The summed E-state index contributed by atoms with van der Waals surface area (Å²) < 4.78 is 5.42. The van der Waals surface area contributed by atoms with Crippen molar-refractivity contribution < 1.29 is 14.6 Å². The molecule has 0 radical (unpaired) electrons. The number of carbonyl (C=O) groups is 1. The number of phenolic OH excluding ortho intramolecular Hbond substituents is 1. The van der Waals surface area contributed by atoms with E-state index < -0.39 is 0 Å². The number of nitrogens with zero attached hydrogens (tertiary/aromatic N) is 2. The van der Waals surface area contributed by atoms with Crippen molar-refractivity contribution in [1.82, 2.24) is 9.97 Å². The number of aldehydes is 1. The van der Waals surface area contributed by atoms with Crippen molar-refractivity contribution in [1.29, 1.82) is 0 Å². The molecule has 5 nitrogen and oxygen atoms in total. The number of phenols is 1. The first-order valence-electron chi connectivity index (χ1n) is 4.95. The van der Waals surface area contributed by atoms with Crippen LogP contribution in [0.25, 0.3) is 0 Å². The average Bonchev–Trinajstić information content (AvgIpc) is 2.37. The van der Waals surface area contributed by atoms with Crippen LogP contribution in [0.5, 0.6) is 11.5 Å². The van der Waals surface area contributed by atoms with E-state index >= 15 is 0 Å². The van der Waals surface area contributed by atoms with E-state index in [1.807, 2.05) is 0 Å². The smallest absolute Gasteiger partial charge is 0.157 e. The van der Waals surface area contributed by atoms with E-state index in [-0.39, 0.29) is 17.9 Å². The van der Waals surface area contributed by atoms with Crippen LogP contribution in [0.3, 0.4) is 0 Å². The van der Waals surface area contributed by atoms with E-state index in [0.29, 0.717) is 12.0 Å². The van der Waals surface area contributed by atoms with Gasteiger partial charge in [-0.05, 0) is 12.1 Å². The van der Waals surface area contributed by atoms with Crippen LogP contribution in [0, 0.1) is 0 Å². The number of hydrogen-bond donors (Lipinski definition) is 1. The van der Waals surface area contributed by atoms with Gasteiger partial charge in [-0.2, -0.15) is 0 Å². The van der Waals surface area contributed by atoms with Gasteiger partial charge in [0.05, 0.1) is 5.56 Å². The Bertz CT molecular complexity index is 514. The molecular formula is C12H10N2O3. The molecule has 0 aliphatic rings. The molecule has 0 aliphatic carbocycles. The molecule has 1 heterocycles. The zero-order chi connectivity index (χ0) is 12.1. The third-order valence-electron chi connectivity index (χ3n) is 2.17. The van der Waals surface area contributed by atoms with Crippen molar-refractivity contribution in [3.63, 3.8) is 0 Å². The highest BCUT2D eigenvalue weighted by Gasteiger charge is 2.07. The molecule has 1 aromatic carbocycles. The minimum atomic E-state index is -0.0955. The summed E-state index contributed by atoms with van der Waals surface area (Å²) in [6.07, 6.45) is 5.23. The SMILES string of the molecule is O=Cc1c(O)cccc1OCc1cncnc1. The van der Waals surface area contributed by atoms with Crippen LogP contribution >= 0.6 is 0 Å². The van der Waals surface area contributed by atoms with Gasteiger partial charge in [0.1, 0.15) is 24.4 Å². The van der Waals surface area contributed by atoms with Gasteiger partial charge in [0.25, 0.3) is 0 Å². The van der Waals surface area contributed by atoms with Crippen molar-refractivity contribution in [3.8, 4) is 11.5 Å². The summed E-state index contributed by atoms with van der Waals surface area (Å²) in [5.74, 6) is 0.241. The summed E-state index contributed by atoms with van der Waals surface area (Å²) >= 11 is 0. The molecule has 0 amide bonds. The first-order valence-corrected chi connectivity index (χ1v) is 4.95. The zero-order valence-electron chi connectivity index (χ0n) is 8.91. The summed E-state index contributed by atoms with van der Waals surface area (Å²) in [6, 6.07) is 4.66. The van der Waals surface area contributed by atoms with Crippen molar-refractivity contribution in [2.45, 2.75) is 6.61 Å². The molecule has 5 heteroatoms. The van der Waals surface area contributed by atoms with Gasteiger partial charge in [0, 0.05) is 18.0 Å². The van der Waals surface area contributed by atoms with E-state index in [4.69, 9.17) is 4.74 Å². The maximum atomic E-state index is 10.8. The second-order valence-electron chi connectivity index (χ2n) is 3.34. The van der Waals surface area contributed by atoms with Crippen LogP contribution in [0.4, 0.5) is 0 Å². The Morgan fingerprint density at radius 2 is 2.06 bits per heavy atom. The lowest BCUT2D eigenvalue weighted by Crippen LogP contribution is -1.99. The second-order valence-corrected chi connectivity index (χ2v) is 3.34. The van der Waals surface area contributed by atoms with Crippen LogP contribution < -0.4 is 4.74 Å². The lowest BCUT2D eigenvalue weighted by Gasteiger charge is -2.08. The molecule has 0 fully saturated rings. The van der Waals surface area contributed by atoms with Crippen LogP contribution in [-0.2, 0) is 6.61 Å². The lowest BCUT2D eigenvalue weighted by atomic mass is 10.2. The van der Waals surface area contributed by atoms with Gasteiger partial charge < -0.3 is 9.84 Å². The Labute approximate surface area is 97.7 Å². The maximum Gasteiger partial charge on any atom is 0.157 e. The summed E-state index contributed by atoms with van der Waals surface area (Å²) in [6.45, 7) is 0.241. The van der Waals surface area contributed by atoms with Gasteiger partial charge >= 0.3 is 0 Å². The van der Waals surface area contributed by atoms with Gasteiger partial charge in [-0.1, -0.05) is 6.07 Å². The van der Waals surface area contributed by atoms with Gasteiger partial charge in [-0.3, -0.25) is 4.79 Å². The Morgan fingerprint density at radius 3 is 2.76 bits per heavy atom. The van der Waals surface area contributed by atoms with Gasteiger partial charge in [0.2, 0.25) is 0 Å². The van der Waals surface area contributed by atoms with Gasteiger partial charge in [-0.15, -0.1) is 0 Å². The lowest BCUT2D eigenvalue weighted by molar-refractivity contribution is 0.111. The molecule has 0 bridgehead atoms. The number of aromatic nitrogens is 2. The van der Waals surface area contributed by atoms with E-state index in [1.54, 1.807) is 24.5 Å². The van der Waals surface area contributed by atoms with E-state index in [0.717, 1.165) is 5.56 Å². The molecule has 17 heavy (non-hydrogen) atoms. The zero-order valence-corrected chi connectivity index (χ0v) is 8.91. The molecule has 0 unspecified atom stereocenters. The van der Waals surface area contributed by atoms with Crippen LogP contribution in [-0.4, -0.2) is 21.4 Å². The summed E-state index contributed by atoms with van der Waals surface area (Å²) in [4.78, 5) is 18.5. The van der Waals surface area contributed by atoms with E-state index in [1.165, 1.54) is 12.4 Å². The molecule has 1 aromatic heterocycles. The molecule has 86 valence electrons. The normalized spacial score (nSPS) is 9.88. The molecule has 1 N–H and O–H groups in total. The minimum Gasteiger partial charge on any atom is -0.507 e. The summed E-state index contributed by atoms with van der Waals surface area (Å²) in [5.41, 5.74) is 0.928. The van der Waals surface area contributed by atoms with Crippen LogP contribution in [0.2, 0.25) is 0 Å². The number of rotatable bonds is 4. The predicted molar refractivity (Wildman–Crippen MR) is 59.9 cm³/mol. The Morgan fingerprint density at radius 1 is 1.29 bits per heavy atom. The first-order chi connectivity index (χ1) is 8.31. The number of aromatic hydroxyl groups is 1. The van der Waals surface area contributed by atoms with Crippen LogP contribution in [0.1, 0.15) is 15.9 Å². The van der Waals surface area contributed by atoms with Crippen molar-refractivity contribution in [3.05, 3.63) is 48.0 Å². The van der Waals surface area contributed by atoms with Crippen molar-refractivity contribution in [2.75, 3.05) is 0 Å². The number of hydrogen-bond acceptors (Lipinski definition) is 5. The molecule has 0 saturated carbocycles. The molecule has 0 saturated heterocycles. The highest BCUT2D eigenvalue weighted by molar-refractivity contribution is 5.83. The molecular weight excluding hydrogens is 220 g/mol. The Balaban J connectivity index is 2.14. The number of ether oxygens (including phenoxy) is 1. The van der Waals surface area contributed by atoms with E-state index in [2.05, 4.69) is 9.97 Å². The molecule has 0 aliphatic heterocycles. The second kappa shape index (κ2) is 5.07. The number of carbonyl (C=O) groups excluding carboxylic acids is 1. The third kappa shape index (κ3) is 2.57. The van der Waals surface area contributed by atoms with Gasteiger partial charge in [0.15, 0.2) is 6.29 Å². The van der Waals surface area contributed by atoms with Crippen molar-refractivity contribution >= 4 is 6.29 Å². The van der Waals surface area contributed by atoms with Gasteiger partial charge in [-0.25, -0.2) is 9.97 Å². The quantitative estimate of drug-likeness (QED) is 0.807. The molecule has 0 atom stereocenters. The fraction of sp³-hybridized carbons (Fsp3) is 0.0833. The minimum absolute atomic E-state index is 0.0955. The first kappa shape index (κ1) is 11.1. The summed E-state index contributed by atoms with van der Waals surface area (Å²) in [7, 11) is 0. The molecule has 2 rings (SSSR count). The fourth-order valence-electron chi connectivity index (χ4n) is 1.34. The number of benzene rings is 1. The predicted octanol–water partition coefficient (Wildman–Crippen LogP) is 1.57. The standard InChI is InChI=1S/C12H10N2O3/c15-6-10-11(16)2-1-3-12(10)17-7-9-4-13-8-14-5-9/h1-6,8,16H,7H2. The fourth-order valence-corrected chi connectivity index (χ4v) is 1.34. The largest absolute Gasteiger partial charge is 0.507 e. The highest BCUT2D eigenvalue weighted by atomic mass is 16.5. The summed E-state index contributed by atoms with van der Waals surface area (Å²) in [5, 5.41) is 9.45. The van der Waals surface area contributed by atoms with E-state index in [9.17, 15) is 9.90 Å². The maximum absolute atomic E-state index is 10.8. The average molecular weight is 230 g/mol. The molecule has 2 aromatic rings. The third-order valence-corrected chi connectivity index (χ3v) is 2.17. The monoisotopic (exact) mass is 230 g/mol. The topological polar surface area (TPSA) is 72.3 Å². The molecule has 0 spiro atoms. The van der Waals surface area contributed by atoms with Crippen LogP contribution in [0.15, 0.2) is 36.9 Å². The Hall–Kier alpha value is -2.43. The Kier molecular flexibility index (Phi) is 3.30. The van der Waals surface area contributed by atoms with Crippen molar-refractivity contribution in [2.24, 2.45) is 0 Å².